The Bertz CT molecular complexity index is 1190. The first kappa shape index (κ1) is 21.9. The molecule has 31 heavy (non-hydrogen) atoms. The van der Waals surface area contributed by atoms with Gasteiger partial charge in [0.25, 0.3) is 5.91 Å². The number of carbonyl (C=O) groups excluding carboxylic acids is 1. The zero-order chi connectivity index (χ0) is 22.5. The van der Waals surface area contributed by atoms with Crippen molar-refractivity contribution in [1.82, 2.24) is 4.68 Å². The van der Waals surface area contributed by atoms with Gasteiger partial charge < -0.3 is 25.1 Å². The van der Waals surface area contributed by atoms with Crippen molar-refractivity contribution >= 4 is 23.5 Å². The van der Waals surface area contributed by atoms with Gasteiger partial charge in [0.1, 0.15) is 5.75 Å². The third-order valence-electron chi connectivity index (χ3n) is 4.44. The number of amides is 1. The molecule has 0 fully saturated rings. The Morgan fingerprint density at radius 3 is 2.35 bits per heavy atom. The van der Waals surface area contributed by atoms with Crippen LogP contribution in [-0.2, 0) is 0 Å². The van der Waals surface area contributed by atoms with Gasteiger partial charge in [-0.1, -0.05) is 0 Å². The molecule has 0 saturated carbocycles. The van der Waals surface area contributed by atoms with Crippen molar-refractivity contribution in [2.75, 3.05) is 28.4 Å². The van der Waals surface area contributed by atoms with Crippen molar-refractivity contribution in [2.24, 2.45) is 15.8 Å². The Hall–Kier alpha value is -3.79. The number of hydrogen-bond acceptors (Lipinski definition) is 8. The highest BCUT2D eigenvalue weighted by Gasteiger charge is 2.14. The first-order chi connectivity index (χ1) is 14.9. The molecule has 3 rings (SSSR count). The smallest absolute Gasteiger partial charge is 0.252 e. The summed E-state index contributed by atoms with van der Waals surface area (Å²) in [6.45, 7) is 0. The van der Waals surface area contributed by atoms with E-state index < -0.39 is 5.91 Å². The largest absolute Gasteiger partial charge is 0.507 e. The van der Waals surface area contributed by atoms with Gasteiger partial charge in [0.15, 0.2) is 11.5 Å². The van der Waals surface area contributed by atoms with Crippen LogP contribution in [0.5, 0.6) is 23.0 Å². The average molecular weight is 442 g/mol. The lowest BCUT2D eigenvalue weighted by molar-refractivity contribution is 0.0998. The van der Waals surface area contributed by atoms with Crippen molar-refractivity contribution in [3.05, 3.63) is 51.6 Å². The minimum Gasteiger partial charge on any atom is -0.507 e. The van der Waals surface area contributed by atoms with Gasteiger partial charge in [-0.2, -0.15) is 5.10 Å². The topological polar surface area (TPSA) is 121 Å². The Morgan fingerprint density at radius 2 is 1.81 bits per heavy atom. The van der Waals surface area contributed by atoms with Gasteiger partial charge in [-0.25, -0.2) is 4.68 Å². The lowest BCUT2D eigenvalue weighted by Crippen LogP contribution is -2.13. The van der Waals surface area contributed by atoms with E-state index in [2.05, 4.69) is 10.1 Å². The van der Waals surface area contributed by atoms with Crippen LogP contribution in [0.1, 0.15) is 15.9 Å². The minimum absolute atomic E-state index is 0.0267. The van der Waals surface area contributed by atoms with Crippen LogP contribution in [0.3, 0.4) is 0 Å². The van der Waals surface area contributed by atoms with Crippen molar-refractivity contribution in [3.63, 3.8) is 0 Å². The Balaban J connectivity index is 2.10. The predicted octanol–water partition coefficient (Wildman–Crippen LogP) is 2.46. The summed E-state index contributed by atoms with van der Waals surface area (Å²) in [7, 11) is 6.28. The highest BCUT2D eigenvalue weighted by Crippen LogP contribution is 2.37. The number of thiazole rings is 1. The van der Waals surface area contributed by atoms with Gasteiger partial charge >= 0.3 is 0 Å². The molecule has 0 bridgehead atoms. The van der Waals surface area contributed by atoms with E-state index in [0.717, 1.165) is 0 Å². The molecule has 2 aromatic carbocycles. The van der Waals surface area contributed by atoms with E-state index in [1.54, 1.807) is 50.4 Å². The Kier molecular flexibility index (Phi) is 6.61. The maximum absolute atomic E-state index is 11.6. The van der Waals surface area contributed by atoms with Crippen LogP contribution in [0.4, 0.5) is 0 Å². The monoisotopic (exact) mass is 442 g/mol. The van der Waals surface area contributed by atoms with E-state index in [1.165, 1.54) is 30.6 Å². The molecule has 0 aliphatic carbocycles. The fraction of sp³-hybridized carbons (Fsp3) is 0.190. The third-order valence-corrected chi connectivity index (χ3v) is 5.35. The number of aromatic hydroxyl groups is 1. The molecular formula is C21H22N4O5S. The standard InChI is InChI=1S/C21H22N4O5S/c1-23-21-25(15(11-31-21)13-5-6-16(26)14(9-13)20(22)27)24-10-12-7-17(28-2)19(30-4)18(8-12)29-3/h5-11,26H,1-4H3,(H2,22,27)/b23-21?,24-10-. The van der Waals surface area contributed by atoms with Gasteiger partial charge in [-0.05, 0) is 30.3 Å². The summed E-state index contributed by atoms with van der Waals surface area (Å²) in [5.41, 5.74) is 7.43. The maximum atomic E-state index is 11.6. The number of methoxy groups -OCH3 is 3. The highest BCUT2D eigenvalue weighted by atomic mass is 32.1. The lowest BCUT2D eigenvalue weighted by atomic mass is 10.1. The number of ether oxygens (including phenoxy) is 3. The Labute approximate surface area is 182 Å². The van der Waals surface area contributed by atoms with Crippen LogP contribution in [0, 0.1) is 0 Å². The molecule has 9 nitrogen and oxygen atoms in total. The summed E-state index contributed by atoms with van der Waals surface area (Å²) in [5.74, 6) is 0.591. The first-order valence-corrected chi connectivity index (χ1v) is 9.92. The molecule has 0 aliphatic rings. The normalized spacial score (nSPS) is 11.7. The molecule has 1 amide bonds. The van der Waals surface area contributed by atoms with Crippen LogP contribution in [0.15, 0.2) is 45.8 Å². The number of carbonyl (C=O) groups is 1. The van der Waals surface area contributed by atoms with E-state index in [-0.39, 0.29) is 11.3 Å². The fourth-order valence-corrected chi connectivity index (χ4v) is 3.76. The molecule has 3 N–H and O–H groups in total. The van der Waals surface area contributed by atoms with E-state index >= 15 is 0 Å². The molecule has 162 valence electrons. The number of nitrogens with zero attached hydrogens (tertiary/aromatic N) is 3. The van der Waals surface area contributed by atoms with Crippen molar-refractivity contribution in [3.8, 4) is 34.3 Å². The van der Waals surface area contributed by atoms with Crippen molar-refractivity contribution in [2.45, 2.75) is 0 Å². The molecule has 10 heteroatoms. The summed E-state index contributed by atoms with van der Waals surface area (Å²) >= 11 is 1.38. The second-order valence-corrected chi connectivity index (χ2v) is 7.07. The first-order valence-electron chi connectivity index (χ1n) is 9.04. The van der Waals surface area contributed by atoms with E-state index in [4.69, 9.17) is 19.9 Å². The van der Waals surface area contributed by atoms with Crippen molar-refractivity contribution in [1.29, 1.82) is 0 Å². The summed E-state index contributed by atoms with van der Waals surface area (Å²) in [6.07, 6.45) is 1.63. The van der Waals surface area contributed by atoms with Gasteiger partial charge in [-0.15, -0.1) is 11.3 Å². The van der Waals surface area contributed by atoms with Gasteiger partial charge in [0, 0.05) is 23.6 Å². The van der Waals surface area contributed by atoms with Crippen molar-refractivity contribution < 1.29 is 24.1 Å². The minimum atomic E-state index is -0.720. The average Bonchev–Trinajstić information content (AvgIpc) is 3.19. The van der Waals surface area contributed by atoms with Gasteiger partial charge in [-0.3, -0.25) is 9.79 Å². The van der Waals surface area contributed by atoms with E-state index in [1.807, 2.05) is 5.38 Å². The quantitative estimate of drug-likeness (QED) is 0.545. The van der Waals surface area contributed by atoms with Gasteiger partial charge in [0.2, 0.25) is 10.6 Å². The van der Waals surface area contributed by atoms with E-state index in [9.17, 15) is 9.90 Å². The zero-order valence-corrected chi connectivity index (χ0v) is 18.3. The summed E-state index contributed by atoms with van der Waals surface area (Å²) in [4.78, 5) is 16.5. The van der Waals surface area contributed by atoms with E-state index in [0.29, 0.717) is 38.9 Å². The summed E-state index contributed by atoms with van der Waals surface area (Å²) < 4.78 is 17.7. The molecular weight excluding hydrogens is 420 g/mol. The van der Waals surface area contributed by atoms with Crippen LogP contribution < -0.4 is 24.7 Å². The predicted molar refractivity (Wildman–Crippen MR) is 119 cm³/mol. The maximum Gasteiger partial charge on any atom is 0.252 e. The summed E-state index contributed by atoms with van der Waals surface area (Å²) in [6, 6.07) is 8.15. The molecule has 0 saturated heterocycles. The lowest BCUT2D eigenvalue weighted by Gasteiger charge is -2.12. The molecule has 0 atom stereocenters. The third kappa shape index (κ3) is 4.38. The molecule has 3 aromatic rings. The van der Waals surface area contributed by atoms with Crippen LogP contribution in [-0.4, -0.2) is 50.3 Å². The van der Waals surface area contributed by atoms with Crippen LogP contribution >= 0.6 is 11.3 Å². The number of phenols is 1. The SMILES string of the molecule is CN=c1scc(-c2ccc(O)c(C(N)=O)c2)n1/N=C\c1cc(OC)c(OC)c(OC)c1. The number of benzene rings is 2. The number of hydrogen-bond donors (Lipinski definition) is 2. The molecule has 0 radical (unpaired) electrons. The number of rotatable bonds is 7. The molecule has 0 aliphatic heterocycles. The van der Waals surface area contributed by atoms with Crippen LogP contribution in [0.2, 0.25) is 0 Å². The highest BCUT2D eigenvalue weighted by molar-refractivity contribution is 7.07. The fourth-order valence-electron chi connectivity index (χ4n) is 2.95. The summed E-state index contributed by atoms with van der Waals surface area (Å²) in [5, 5.41) is 16.3. The number of aromatic nitrogens is 1. The Morgan fingerprint density at radius 1 is 1.13 bits per heavy atom. The number of nitrogens with two attached hydrogens (primary N) is 1. The van der Waals surface area contributed by atoms with Gasteiger partial charge in [0.05, 0.1) is 38.8 Å². The molecule has 1 aromatic heterocycles. The second-order valence-electron chi connectivity index (χ2n) is 6.24. The number of primary amides is 1. The van der Waals surface area contributed by atoms with Crippen LogP contribution in [0.25, 0.3) is 11.3 Å². The molecule has 0 unspecified atom stereocenters. The molecule has 1 heterocycles. The zero-order valence-electron chi connectivity index (χ0n) is 17.4. The molecule has 0 spiro atoms. The second kappa shape index (κ2) is 9.35.